The number of alkyl halides is 10. The van der Waals surface area contributed by atoms with Crippen LogP contribution in [0.25, 0.3) is 0 Å². The number of hydrogen-bond acceptors (Lipinski definition) is 3. The van der Waals surface area contributed by atoms with Crippen molar-refractivity contribution in [3.05, 3.63) is 67.7 Å². The van der Waals surface area contributed by atoms with Crippen molar-refractivity contribution in [3.8, 4) is 0 Å². The lowest BCUT2D eigenvalue weighted by Gasteiger charge is -2.31. The Morgan fingerprint density at radius 1 is 0.909 bits per heavy atom. The standard InChI is InChI=1S/C17H7BrF10N2O3/c18-11-6-8(14(19,16(23,24)25)17(26,27)28)5-10(15(20,21)22)12(11)29-13(31)7-2-1-3-9(4-7)30(32)33/h1-6H,(H,29,31). The Hall–Kier alpha value is -2.91. The fourth-order valence-corrected chi connectivity index (χ4v) is 3.15. The Labute approximate surface area is 184 Å². The summed E-state index contributed by atoms with van der Waals surface area (Å²) in [5, 5.41) is 12.4. The molecule has 0 aliphatic carbocycles. The molecular weight excluding hydrogens is 550 g/mol. The SMILES string of the molecule is O=C(Nc1c(Br)cc(C(F)(C(F)(F)F)C(F)(F)F)cc1C(F)(F)F)c1cccc([N+](=O)[O-])c1. The second kappa shape index (κ2) is 8.46. The number of halogens is 11. The molecule has 0 saturated heterocycles. The molecule has 0 saturated carbocycles. The summed E-state index contributed by atoms with van der Waals surface area (Å²) in [5.74, 6) is -1.42. The highest BCUT2D eigenvalue weighted by Crippen LogP contribution is 2.55. The molecule has 0 aliphatic rings. The van der Waals surface area contributed by atoms with Crippen molar-refractivity contribution in [2.75, 3.05) is 5.32 Å². The number of carbonyl (C=O) groups is 1. The zero-order valence-electron chi connectivity index (χ0n) is 15.3. The molecule has 1 amide bonds. The second-order valence-corrected chi connectivity index (χ2v) is 7.15. The number of anilines is 1. The third kappa shape index (κ3) is 5.04. The normalized spacial score (nSPS) is 13.1. The minimum absolute atomic E-state index is 0.209. The minimum Gasteiger partial charge on any atom is -0.320 e. The van der Waals surface area contributed by atoms with Gasteiger partial charge in [-0.2, -0.15) is 39.5 Å². The number of benzene rings is 2. The van der Waals surface area contributed by atoms with Gasteiger partial charge in [-0.15, -0.1) is 0 Å². The van der Waals surface area contributed by atoms with Crippen LogP contribution in [0.2, 0.25) is 0 Å². The zero-order chi connectivity index (χ0) is 25.6. The van der Waals surface area contributed by atoms with Crippen molar-refractivity contribution < 1.29 is 53.6 Å². The number of nitro groups is 1. The van der Waals surface area contributed by atoms with E-state index >= 15 is 0 Å². The highest BCUT2D eigenvalue weighted by atomic mass is 79.9. The summed E-state index contributed by atoms with van der Waals surface area (Å²) in [6, 6.07) is 2.61. The predicted octanol–water partition coefficient (Wildman–Crippen LogP) is 6.92. The number of nitrogens with one attached hydrogen (secondary N) is 1. The third-order valence-corrected chi connectivity index (χ3v) is 4.76. The summed E-state index contributed by atoms with van der Waals surface area (Å²) in [5.41, 5.74) is -13.4. The Morgan fingerprint density at radius 2 is 1.45 bits per heavy atom. The van der Waals surface area contributed by atoms with Gasteiger partial charge >= 0.3 is 24.2 Å². The van der Waals surface area contributed by atoms with Gasteiger partial charge in [0.1, 0.15) is 0 Å². The summed E-state index contributed by atoms with van der Waals surface area (Å²) in [6.07, 6.45) is -19.0. The van der Waals surface area contributed by atoms with E-state index in [2.05, 4.69) is 15.9 Å². The molecule has 2 rings (SSSR count). The van der Waals surface area contributed by atoms with Crippen molar-refractivity contribution in [1.82, 2.24) is 0 Å². The van der Waals surface area contributed by atoms with E-state index in [1.807, 2.05) is 0 Å². The largest absolute Gasteiger partial charge is 0.435 e. The molecule has 5 nitrogen and oxygen atoms in total. The average Bonchev–Trinajstić information content (AvgIpc) is 2.65. The number of hydrogen-bond donors (Lipinski definition) is 1. The van der Waals surface area contributed by atoms with Gasteiger partial charge in [0.05, 0.1) is 16.2 Å². The Bertz CT molecular complexity index is 1080. The minimum atomic E-state index is -6.68. The molecule has 16 heteroatoms. The molecule has 0 aliphatic heterocycles. The molecule has 0 radical (unpaired) electrons. The summed E-state index contributed by atoms with van der Waals surface area (Å²) < 4.78 is 131. The van der Waals surface area contributed by atoms with Crippen molar-refractivity contribution in [2.24, 2.45) is 0 Å². The van der Waals surface area contributed by atoms with E-state index in [0.29, 0.717) is 6.07 Å². The lowest BCUT2D eigenvalue weighted by Crippen LogP contribution is -2.50. The van der Waals surface area contributed by atoms with Crippen LogP contribution in [0.4, 0.5) is 55.3 Å². The lowest BCUT2D eigenvalue weighted by atomic mass is 9.92. The maximum absolute atomic E-state index is 14.3. The first-order valence-corrected chi connectivity index (χ1v) is 8.89. The van der Waals surface area contributed by atoms with Gasteiger partial charge in [-0.3, -0.25) is 14.9 Å². The Balaban J connectivity index is 2.68. The van der Waals surface area contributed by atoms with E-state index in [0.717, 1.165) is 18.2 Å². The molecule has 2 aromatic carbocycles. The topological polar surface area (TPSA) is 72.2 Å². The van der Waals surface area contributed by atoms with Gasteiger partial charge in [0, 0.05) is 27.7 Å². The maximum atomic E-state index is 14.3. The molecule has 0 atom stereocenters. The number of non-ortho nitro benzene ring substituents is 1. The predicted molar refractivity (Wildman–Crippen MR) is 95.1 cm³/mol. The summed E-state index contributed by atoms with van der Waals surface area (Å²) in [7, 11) is 0. The molecule has 0 heterocycles. The lowest BCUT2D eigenvalue weighted by molar-refractivity contribution is -0.384. The van der Waals surface area contributed by atoms with Crippen molar-refractivity contribution in [2.45, 2.75) is 24.2 Å². The van der Waals surface area contributed by atoms with E-state index in [1.54, 1.807) is 5.32 Å². The molecule has 0 bridgehead atoms. The van der Waals surface area contributed by atoms with Crippen LogP contribution in [0.15, 0.2) is 40.9 Å². The van der Waals surface area contributed by atoms with Gasteiger partial charge in [-0.1, -0.05) is 6.07 Å². The molecule has 33 heavy (non-hydrogen) atoms. The molecule has 0 aromatic heterocycles. The van der Waals surface area contributed by atoms with E-state index in [4.69, 9.17) is 0 Å². The van der Waals surface area contributed by atoms with Gasteiger partial charge in [0.2, 0.25) is 0 Å². The van der Waals surface area contributed by atoms with Gasteiger partial charge < -0.3 is 5.32 Å². The molecule has 1 N–H and O–H groups in total. The van der Waals surface area contributed by atoms with Crippen LogP contribution in [-0.4, -0.2) is 23.2 Å². The number of rotatable bonds is 4. The monoisotopic (exact) mass is 556 g/mol. The van der Waals surface area contributed by atoms with E-state index in [1.165, 1.54) is 0 Å². The van der Waals surface area contributed by atoms with E-state index in [-0.39, 0.29) is 6.07 Å². The number of nitrogens with zero attached hydrogens (tertiary/aromatic N) is 1. The summed E-state index contributed by atoms with van der Waals surface area (Å²) in [6.45, 7) is 0. The number of nitro benzene ring substituents is 1. The first-order valence-electron chi connectivity index (χ1n) is 8.10. The van der Waals surface area contributed by atoms with Crippen LogP contribution in [0, 0.1) is 10.1 Å². The van der Waals surface area contributed by atoms with E-state index < -0.39 is 73.6 Å². The zero-order valence-corrected chi connectivity index (χ0v) is 16.9. The van der Waals surface area contributed by atoms with Crippen LogP contribution in [-0.2, 0) is 11.8 Å². The Kier molecular flexibility index (Phi) is 6.75. The van der Waals surface area contributed by atoms with Crippen LogP contribution < -0.4 is 5.32 Å². The number of amides is 1. The smallest absolute Gasteiger partial charge is 0.320 e. The van der Waals surface area contributed by atoms with Crippen LogP contribution in [0.3, 0.4) is 0 Å². The van der Waals surface area contributed by atoms with Gasteiger partial charge in [-0.05, 0) is 34.1 Å². The molecule has 180 valence electrons. The maximum Gasteiger partial charge on any atom is 0.435 e. The van der Waals surface area contributed by atoms with Crippen molar-refractivity contribution in [1.29, 1.82) is 0 Å². The average molecular weight is 557 g/mol. The van der Waals surface area contributed by atoms with Gasteiger partial charge in [-0.25, -0.2) is 4.39 Å². The fraction of sp³-hybridized carbons (Fsp3) is 0.235. The second-order valence-electron chi connectivity index (χ2n) is 6.29. The third-order valence-electron chi connectivity index (χ3n) is 4.13. The van der Waals surface area contributed by atoms with Crippen LogP contribution in [0.5, 0.6) is 0 Å². The van der Waals surface area contributed by atoms with Crippen molar-refractivity contribution >= 4 is 33.2 Å². The molecular formula is C17H7BrF10N2O3. The fourth-order valence-electron chi connectivity index (χ4n) is 2.59. The summed E-state index contributed by atoms with van der Waals surface area (Å²) >= 11 is 2.33. The molecule has 2 aromatic rings. The summed E-state index contributed by atoms with van der Waals surface area (Å²) in [4.78, 5) is 22.1. The molecule has 0 spiro atoms. The highest BCUT2D eigenvalue weighted by molar-refractivity contribution is 9.10. The van der Waals surface area contributed by atoms with Gasteiger partial charge in [0.15, 0.2) is 0 Å². The highest BCUT2D eigenvalue weighted by Gasteiger charge is 2.73. The van der Waals surface area contributed by atoms with E-state index in [9.17, 15) is 58.8 Å². The number of carbonyl (C=O) groups excluding carboxylic acids is 1. The molecule has 0 fully saturated rings. The van der Waals surface area contributed by atoms with Crippen molar-refractivity contribution in [3.63, 3.8) is 0 Å². The Morgan fingerprint density at radius 3 is 1.91 bits per heavy atom. The quantitative estimate of drug-likeness (QED) is 0.252. The first-order chi connectivity index (χ1) is 14.8. The first kappa shape index (κ1) is 26.3. The van der Waals surface area contributed by atoms with Crippen LogP contribution in [0.1, 0.15) is 21.5 Å². The molecule has 0 unspecified atom stereocenters. The van der Waals surface area contributed by atoms with Gasteiger partial charge in [0.25, 0.3) is 11.6 Å². The van der Waals surface area contributed by atoms with Crippen LogP contribution >= 0.6 is 15.9 Å².